The van der Waals surface area contributed by atoms with E-state index in [1.165, 1.54) is 12.1 Å². The van der Waals surface area contributed by atoms with Crippen LogP contribution in [-0.2, 0) is 4.79 Å². The van der Waals surface area contributed by atoms with Gasteiger partial charge in [-0.3, -0.25) is 14.9 Å². The van der Waals surface area contributed by atoms with Crippen molar-refractivity contribution in [3.63, 3.8) is 0 Å². The zero-order valence-electron chi connectivity index (χ0n) is 11.4. The van der Waals surface area contributed by atoms with Crippen molar-refractivity contribution in [2.45, 2.75) is 13.3 Å². The summed E-state index contributed by atoms with van der Waals surface area (Å²) in [5.41, 5.74) is -0.0972. The number of para-hydroxylation sites is 2. The molecule has 0 heterocycles. The predicted octanol–water partition coefficient (Wildman–Crippen LogP) is 1.09. The van der Waals surface area contributed by atoms with E-state index in [2.05, 4.69) is 10.6 Å². The lowest BCUT2D eigenvalue weighted by molar-refractivity contribution is -0.385. The normalized spacial score (nSPS) is 10.1. The van der Waals surface area contributed by atoms with Gasteiger partial charge in [-0.1, -0.05) is 19.1 Å². The first kappa shape index (κ1) is 15.9. The molecule has 7 heteroatoms. The van der Waals surface area contributed by atoms with Gasteiger partial charge in [0.2, 0.25) is 5.91 Å². The molecule has 0 aliphatic heterocycles. The molecule has 1 aromatic rings. The number of hydrogen-bond acceptors (Lipinski definition) is 5. The Morgan fingerprint density at radius 1 is 1.35 bits per heavy atom. The zero-order chi connectivity index (χ0) is 14.8. The number of carbonyl (C=O) groups is 1. The highest BCUT2D eigenvalue weighted by atomic mass is 16.6. The third kappa shape index (κ3) is 5.66. The van der Waals surface area contributed by atoms with Crippen LogP contribution in [0.25, 0.3) is 0 Å². The fraction of sp³-hybridized carbons (Fsp3) is 0.462. The number of nitro benzene ring substituents is 1. The first-order valence-electron chi connectivity index (χ1n) is 6.48. The molecule has 0 saturated heterocycles. The van der Waals surface area contributed by atoms with Crippen LogP contribution >= 0.6 is 0 Å². The lowest BCUT2D eigenvalue weighted by atomic mass is 10.3. The van der Waals surface area contributed by atoms with Gasteiger partial charge in [0.05, 0.1) is 18.0 Å². The second-order valence-corrected chi connectivity index (χ2v) is 4.03. The van der Waals surface area contributed by atoms with Gasteiger partial charge in [-0.25, -0.2) is 0 Å². The van der Waals surface area contributed by atoms with Crippen LogP contribution in [0.1, 0.15) is 13.3 Å². The number of benzene rings is 1. The molecule has 0 aromatic heterocycles. The molecular weight excluding hydrogens is 262 g/mol. The molecule has 0 saturated carbocycles. The van der Waals surface area contributed by atoms with E-state index in [1.54, 1.807) is 12.1 Å². The van der Waals surface area contributed by atoms with Gasteiger partial charge in [-0.15, -0.1) is 0 Å². The highest BCUT2D eigenvalue weighted by Crippen LogP contribution is 2.25. The summed E-state index contributed by atoms with van der Waals surface area (Å²) in [5, 5.41) is 16.6. The van der Waals surface area contributed by atoms with Gasteiger partial charge in [0.1, 0.15) is 0 Å². The summed E-state index contributed by atoms with van der Waals surface area (Å²) < 4.78 is 5.28. The van der Waals surface area contributed by atoms with Crippen molar-refractivity contribution in [2.75, 3.05) is 26.2 Å². The monoisotopic (exact) mass is 281 g/mol. The second kappa shape index (κ2) is 8.87. The molecule has 0 fully saturated rings. The predicted molar refractivity (Wildman–Crippen MR) is 74.8 cm³/mol. The number of amides is 1. The summed E-state index contributed by atoms with van der Waals surface area (Å²) in [5.74, 6) is 0.0411. The van der Waals surface area contributed by atoms with Crippen LogP contribution in [0.15, 0.2) is 24.3 Å². The van der Waals surface area contributed by atoms with E-state index in [4.69, 9.17) is 4.74 Å². The molecule has 0 radical (unpaired) electrons. The Kier molecular flexibility index (Phi) is 7.05. The van der Waals surface area contributed by atoms with Crippen LogP contribution in [0.2, 0.25) is 0 Å². The maximum absolute atomic E-state index is 11.5. The molecule has 1 amide bonds. The first-order valence-corrected chi connectivity index (χ1v) is 6.48. The van der Waals surface area contributed by atoms with E-state index < -0.39 is 4.92 Å². The van der Waals surface area contributed by atoms with E-state index in [1.807, 2.05) is 6.92 Å². The molecule has 0 aliphatic carbocycles. The van der Waals surface area contributed by atoms with Gasteiger partial charge < -0.3 is 15.4 Å². The standard InChI is InChI=1S/C13H19N3O4/c1-2-14-8-9-15-13(17)7-10-20-12-6-4-3-5-11(12)16(18)19/h3-6,14H,2,7-10H2,1H3,(H,15,17). The van der Waals surface area contributed by atoms with Gasteiger partial charge in [-0.2, -0.15) is 0 Å². The maximum Gasteiger partial charge on any atom is 0.310 e. The summed E-state index contributed by atoms with van der Waals surface area (Å²) in [6.07, 6.45) is 0.165. The fourth-order valence-electron chi connectivity index (χ4n) is 1.54. The SMILES string of the molecule is CCNCCNC(=O)CCOc1ccccc1[N+](=O)[O-]. The molecule has 0 spiro atoms. The largest absolute Gasteiger partial charge is 0.486 e. The molecule has 2 N–H and O–H groups in total. The van der Waals surface area contributed by atoms with Crippen molar-refractivity contribution in [1.82, 2.24) is 10.6 Å². The number of ether oxygens (including phenoxy) is 1. The smallest absolute Gasteiger partial charge is 0.310 e. The summed E-state index contributed by atoms with van der Waals surface area (Å²) in [6, 6.07) is 6.10. The van der Waals surface area contributed by atoms with E-state index >= 15 is 0 Å². The van der Waals surface area contributed by atoms with Crippen LogP contribution in [-0.4, -0.2) is 37.1 Å². The van der Waals surface area contributed by atoms with Crippen molar-refractivity contribution < 1.29 is 14.5 Å². The fourth-order valence-corrected chi connectivity index (χ4v) is 1.54. The van der Waals surface area contributed by atoms with Crippen molar-refractivity contribution in [2.24, 2.45) is 0 Å². The Hall–Kier alpha value is -2.15. The Morgan fingerprint density at radius 2 is 2.10 bits per heavy atom. The van der Waals surface area contributed by atoms with E-state index in [0.717, 1.165) is 6.54 Å². The van der Waals surface area contributed by atoms with Crippen molar-refractivity contribution in [3.8, 4) is 5.75 Å². The summed E-state index contributed by atoms with van der Waals surface area (Å²) in [7, 11) is 0. The second-order valence-electron chi connectivity index (χ2n) is 4.03. The Morgan fingerprint density at radius 3 is 2.80 bits per heavy atom. The molecule has 7 nitrogen and oxygen atoms in total. The topological polar surface area (TPSA) is 93.5 Å². The van der Waals surface area contributed by atoms with Crippen LogP contribution in [0.4, 0.5) is 5.69 Å². The number of nitrogens with zero attached hydrogens (tertiary/aromatic N) is 1. The lowest BCUT2D eigenvalue weighted by Gasteiger charge is -2.07. The van der Waals surface area contributed by atoms with Crippen LogP contribution in [0, 0.1) is 10.1 Å². The van der Waals surface area contributed by atoms with E-state index in [9.17, 15) is 14.9 Å². The number of carbonyl (C=O) groups excluding carboxylic acids is 1. The van der Waals surface area contributed by atoms with Gasteiger partial charge >= 0.3 is 5.69 Å². The van der Waals surface area contributed by atoms with Crippen molar-refractivity contribution >= 4 is 11.6 Å². The molecule has 0 bridgehead atoms. The van der Waals surface area contributed by atoms with Crippen LogP contribution < -0.4 is 15.4 Å². The lowest BCUT2D eigenvalue weighted by Crippen LogP contribution is -2.32. The average molecular weight is 281 g/mol. The highest BCUT2D eigenvalue weighted by Gasteiger charge is 2.13. The molecule has 0 unspecified atom stereocenters. The first-order chi connectivity index (χ1) is 9.65. The number of nitrogens with one attached hydrogen (secondary N) is 2. The van der Waals surface area contributed by atoms with Gasteiger partial charge in [0.15, 0.2) is 5.75 Å². The molecule has 110 valence electrons. The minimum atomic E-state index is -0.508. The maximum atomic E-state index is 11.5. The molecule has 0 aliphatic rings. The molecule has 1 rings (SSSR count). The highest BCUT2D eigenvalue weighted by molar-refractivity contribution is 5.76. The van der Waals surface area contributed by atoms with Gasteiger partial charge in [0.25, 0.3) is 0 Å². The number of nitro groups is 1. The van der Waals surface area contributed by atoms with Crippen LogP contribution in [0.5, 0.6) is 5.75 Å². The van der Waals surface area contributed by atoms with Gasteiger partial charge in [0, 0.05) is 19.2 Å². The molecule has 0 atom stereocenters. The Bertz CT molecular complexity index is 451. The summed E-state index contributed by atoms with van der Waals surface area (Å²) in [6.45, 7) is 4.22. The molecular formula is C13H19N3O4. The third-order valence-electron chi connectivity index (χ3n) is 2.52. The quantitative estimate of drug-likeness (QED) is 0.401. The molecule has 1 aromatic carbocycles. The van der Waals surface area contributed by atoms with Crippen molar-refractivity contribution in [1.29, 1.82) is 0 Å². The third-order valence-corrected chi connectivity index (χ3v) is 2.52. The number of hydrogen-bond donors (Lipinski definition) is 2. The zero-order valence-corrected chi connectivity index (χ0v) is 11.4. The number of rotatable bonds is 9. The van der Waals surface area contributed by atoms with Gasteiger partial charge in [-0.05, 0) is 12.6 Å². The summed E-state index contributed by atoms with van der Waals surface area (Å²) >= 11 is 0. The van der Waals surface area contributed by atoms with Crippen LogP contribution in [0.3, 0.4) is 0 Å². The van der Waals surface area contributed by atoms with E-state index in [0.29, 0.717) is 13.1 Å². The summed E-state index contributed by atoms with van der Waals surface area (Å²) in [4.78, 5) is 21.7. The Labute approximate surface area is 117 Å². The minimum absolute atomic E-state index is 0.0972. The number of likely N-dealkylation sites (N-methyl/N-ethyl adjacent to an activating group) is 1. The average Bonchev–Trinajstić information content (AvgIpc) is 2.44. The molecule has 20 heavy (non-hydrogen) atoms. The van der Waals surface area contributed by atoms with Crippen molar-refractivity contribution in [3.05, 3.63) is 34.4 Å². The minimum Gasteiger partial charge on any atom is -0.486 e. The van der Waals surface area contributed by atoms with E-state index in [-0.39, 0.29) is 30.4 Å². The Balaban J connectivity index is 2.30.